The third-order valence-electron chi connectivity index (χ3n) is 1.71. The molecule has 0 N–H and O–H groups in total. The number of hydrogen-bond donors (Lipinski definition) is 0. The summed E-state index contributed by atoms with van der Waals surface area (Å²) in [5.74, 6) is 0.995. The van der Waals surface area contributed by atoms with Crippen LogP contribution in [0.15, 0.2) is 22.7 Å². The van der Waals surface area contributed by atoms with Gasteiger partial charge in [0, 0.05) is 4.47 Å². The fourth-order valence-corrected chi connectivity index (χ4v) is 1.45. The first kappa shape index (κ1) is 9.59. The zero-order valence-corrected chi connectivity index (χ0v) is 9.02. The minimum Gasteiger partial charge on any atom is -0.494 e. The highest BCUT2D eigenvalue weighted by Crippen LogP contribution is 2.23. The van der Waals surface area contributed by atoms with E-state index in [0.29, 0.717) is 0 Å². The van der Waals surface area contributed by atoms with Gasteiger partial charge in [0.15, 0.2) is 0 Å². The molecule has 0 aliphatic heterocycles. The highest BCUT2D eigenvalue weighted by molar-refractivity contribution is 9.10. The van der Waals surface area contributed by atoms with Crippen molar-refractivity contribution >= 4 is 15.9 Å². The Bertz CT molecular complexity index is 258. The second-order valence-electron chi connectivity index (χ2n) is 2.54. The summed E-state index contributed by atoms with van der Waals surface area (Å²) < 4.78 is 6.55. The molecule has 0 fully saturated rings. The number of halogens is 1. The van der Waals surface area contributed by atoms with Crippen LogP contribution in [0.25, 0.3) is 0 Å². The van der Waals surface area contributed by atoms with Crippen molar-refractivity contribution in [2.45, 2.75) is 20.3 Å². The van der Waals surface area contributed by atoms with Gasteiger partial charge in [0.25, 0.3) is 0 Å². The maximum absolute atomic E-state index is 5.48. The first-order chi connectivity index (χ1) is 5.77. The van der Waals surface area contributed by atoms with E-state index in [1.807, 2.05) is 19.1 Å². The molecule has 0 saturated carbocycles. The van der Waals surface area contributed by atoms with Crippen molar-refractivity contribution in [3.8, 4) is 5.75 Å². The van der Waals surface area contributed by atoms with Gasteiger partial charge in [0.05, 0.1) is 6.61 Å². The van der Waals surface area contributed by atoms with Crippen molar-refractivity contribution in [3.63, 3.8) is 0 Å². The molecule has 12 heavy (non-hydrogen) atoms. The second kappa shape index (κ2) is 4.51. The quantitative estimate of drug-likeness (QED) is 0.771. The van der Waals surface area contributed by atoms with Crippen molar-refractivity contribution in [2.24, 2.45) is 0 Å². The van der Waals surface area contributed by atoms with Crippen LogP contribution in [0.2, 0.25) is 0 Å². The van der Waals surface area contributed by atoms with Gasteiger partial charge in [0.1, 0.15) is 5.75 Å². The Balaban J connectivity index is 2.95. The predicted octanol–water partition coefficient (Wildman–Crippen LogP) is 3.41. The van der Waals surface area contributed by atoms with E-state index in [9.17, 15) is 0 Å². The van der Waals surface area contributed by atoms with Crippen molar-refractivity contribution in [1.29, 1.82) is 0 Å². The largest absolute Gasteiger partial charge is 0.494 e. The molecule has 0 heterocycles. The molecule has 2 heteroatoms. The molecule has 0 aliphatic carbocycles. The van der Waals surface area contributed by atoms with Crippen LogP contribution in [0.5, 0.6) is 5.75 Å². The number of rotatable bonds is 3. The molecule has 0 aliphatic rings. The minimum absolute atomic E-state index is 0.726. The van der Waals surface area contributed by atoms with Gasteiger partial charge in [-0.15, -0.1) is 0 Å². The van der Waals surface area contributed by atoms with Gasteiger partial charge < -0.3 is 4.74 Å². The summed E-state index contributed by atoms with van der Waals surface area (Å²) in [6.07, 6.45) is 1.02. The molecule has 0 saturated heterocycles. The molecular weight excluding hydrogens is 216 g/mol. The Kier molecular flexibility index (Phi) is 3.60. The van der Waals surface area contributed by atoms with E-state index < -0.39 is 0 Å². The summed E-state index contributed by atoms with van der Waals surface area (Å²) in [5.41, 5.74) is 1.26. The van der Waals surface area contributed by atoms with Crippen LogP contribution in [0.3, 0.4) is 0 Å². The lowest BCUT2D eigenvalue weighted by molar-refractivity contribution is 0.336. The van der Waals surface area contributed by atoms with Crippen LogP contribution in [0.4, 0.5) is 0 Å². The summed E-state index contributed by atoms with van der Waals surface area (Å²) in [5, 5.41) is 0. The highest BCUT2D eigenvalue weighted by atomic mass is 79.9. The molecule has 1 nitrogen and oxygen atoms in total. The molecule has 1 rings (SSSR count). The fraction of sp³-hybridized carbons (Fsp3) is 0.400. The van der Waals surface area contributed by atoms with Crippen LogP contribution >= 0.6 is 15.9 Å². The summed E-state index contributed by atoms with van der Waals surface area (Å²) in [6, 6.07) is 6.15. The SMILES string of the molecule is CCOc1cc(Br)ccc1CC. The minimum atomic E-state index is 0.726. The van der Waals surface area contributed by atoms with Crippen LogP contribution < -0.4 is 4.74 Å². The number of aryl methyl sites for hydroxylation is 1. The number of benzene rings is 1. The van der Waals surface area contributed by atoms with Gasteiger partial charge in [0.2, 0.25) is 0 Å². The molecule has 0 atom stereocenters. The van der Waals surface area contributed by atoms with Crippen molar-refractivity contribution < 1.29 is 4.74 Å². The maximum atomic E-state index is 5.48. The standard InChI is InChI=1S/C10H13BrO/c1-3-8-5-6-9(11)7-10(8)12-4-2/h5-7H,3-4H2,1-2H3. The first-order valence-corrected chi connectivity index (χ1v) is 4.98. The van der Waals surface area contributed by atoms with Gasteiger partial charge in [-0.25, -0.2) is 0 Å². The molecule has 1 aromatic carbocycles. The molecule has 66 valence electrons. The van der Waals surface area contributed by atoms with Crippen LogP contribution in [-0.2, 0) is 6.42 Å². The van der Waals surface area contributed by atoms with E-state index in [-0.39, 0.29) is 0 Å². The Morgan fingerprint density at radius 1 is 1.33 bits per heavy atom. The lowest BCUT2D eigenvalue weighted by atomic mass is 10.1. The molecule has 0 aromatic heterocycles. The first-order valence-electron chi connectivity index (χ1n) is 4.19. The van der Waals surface area contributed by atoms with Gasteiger partial charge in [-0.05, 0) is 31.0 Å². The van der Waals surface area contributed by atoms with E-state index in [4.69, 9.17) is 4.74 Å². The van der Waals surface area contributed by atoms with Gasteiger partial charge in [-0.3, -0.25) is 0 Å². The third kappa shape index (κ3) is 2.24. The van der Waals surface area contributed by atoms with Crippen LogP contribution in [0.1, 0.15) is 19.4 Å². The van der Waals surface area contributed by atoms with Gasteiger partial charge in [-0.1, -0.05) is 28.9 Å². The Morgan fingerprint density at radius 3 is 2.67 bits per heavy atom. The van der Waals surface area contributed by atoms with E-state index in [1.54, 1.807) is 0 Å². The zero-order chi connectivity index (χ0) is 8.97. The lowest BCUT2D eigenvalue weighted by Gasteiger charge is -2.08. The van der Waals surface area contributed by atoms with Gasteiger partial charge in [-0.2, -0.15) is 0 Å². The summed E-state index contributed by atoms with van der Waals surface area (Å²) in [7, 11) is 0. The van der Waals surface area contributed by atoms with Gasteiger partial charge >= 0.3 is 0 Å². The van der Waals surface area contributed by atoms with Crippen LogP contribution in [0, 0.1) is 0 Å². The normalized spacial score (nSPS) is 9.92. The molecule has 0 amide bonds. The second-order valence-corrected chi connectivity index (χ2v) is 3.45. The number of hydrogen-bond acceptors (Lipinski definition) is 1. The van der Waals surface area contributed by atoms with E-state index in [0.717, 1.165) is 23.2 Å². The summed E-state index contributed by atoms with van der Waals surface area (Å²) in [6.45, 7) is 4.86. The third-order valence-corrected chi connectivity index (χ3v) is 2.20. The average Bonchev–Trinajstić information content (AvgIpc) is 2.05. The van der Waals surface area contributed by atoms with Crippen LogP contribution in [-0.4, -0.2) is 6.61 Å². The summed E-state index contributed by atoms with van der Waals surface area (Å²) >= 11 is 3.42. The molecular formula is C10H13BrO. The predicted molar refractivity (Wildman–Crippen MR) is 54.7 cm³/mol. The molecule has 0 radical (unpaired) electrons. The zero-order valence-electron chi connectivity index (χ0n) is 7.43. The van der Waals surface area contributed by atoms with E-state index >= 15 is 0 Å². The summed E-state index contributed by atoms with van der Waals surface area (Å²) in [4.78, 5) is 0. The molecule has 0 spiro atoms. The van der Waals surface area contributed by atoms with Crippen molar-refractivity contribution in [1.82, 2.24) is 0 Å². The van der Waals surface area contributed by atoms with E-state index in [1.165, 1.54) is 5.56 Å². The highest BCUT2D eigenvalue weighted by Gasteiger charge is 2.00. The van der Waals surface area contributed by atoms with E-state index in [2.05, 4.69) is 28.9 Å². The monoisotopic (exact) mass is 228 g/mol. The smallest absolute Gasteiger partial charge is 0.123 e. The molecule has 0 unspecified atom stereocenters. The fourth-order valence-electron chi connectivity index (χ4n) is 1.11. The van der Waals surface area contributed by atoms with Crippen molar-refractivity contribution in [3.05, 3.63) is 28.2 Å². The average molecular weight is 229 g/mol. The molecule has 1 aromatic rings. The maximum Gasteiger partial charge on any atom is 0.123 e. The Morgan fingerprint density at radius 2 is 2.08 bits per heavy atom. The Hall–Kier alpha value is -0.500. The topological polar surface area (TPSA) is 9.23 Å². The Labute approximate surface area is 81.9 Å². The molecule has 0 bridgehead atoms. The lowest BCUT2D eigenvalue weighted by Crippen LogP contribution is -1.95. The van der Waals surface area contributed by atoms with Crippen molar-refractivity contribution in [2.75, 3.05) is 6.61 Å². The number of ether oxygens (including phenoxy) is 1.